The third-order valence-electron chi connectivity index (χ3n) is 5.38. The third kappa shape index (κ3) is 10.1. The Hall–Kier alpha value is -2.63. The molecule has 32 heavy (non-hydrogen) atoms. The second-order valence-corrected chi connectivity index (χ2v) is 8.27. The summed E-state index contributed by atoms with van der Waals surface area (Å²) in [6.45, 7) is 7.73. The Labute approximate surface area is 192 Å². The Kier molecular flexibility index (Phi) is 12.2. The molecule has 0 aliphatic heterocycles. The lowest BCUT2D eigenvalue weighted by Crippen LogP contribution is -2.11. The minimum Gasteiger partial charge on any atom is -0.494 e. The van der Waals surface area contributed by atoms with Crippen molar-refractivity contribution in [3.8, 4) is 17.5 Å². The fraction of sp³-hybridized carbons (Fsp3) is 0.577. The van der Waals surface area contributed by atoms with Crippen LogP contribution >= 0.6 is 0 Å². The van der Waals surface area contributed by atoms with Crippen LogP contribution in [-0.4, -0.2) is 29.4 Å². The van der Waals surface area contributed by atoms with E-state index < -0.39 is 5.97 Å². The van der Waals surface area contributed by atoms with Crippen LogP contribution in [0.15, 0.2) is 36.4 Å². The topological polar surface area (TPSA) is 70.5 Å². The maximum atomic E-state index is 12.3. The van der Waals surface area contributed by atoms with Gasteiger partial charge < -0.3 is 14.2 Å². The fourth-order valence-electron chi connectivity index (χ4n) is 3.05. The molecule has 6 heteroatoms. The van der Waals surface area contributed by atoms with Gasteiger partial charge in [-0.1, -0.05) is 72.1 Å². The smallest absolute Gasteiger partial charge is 0.344 e. The summed E-state index contributed by atoms with van der Waals surface area (Å²) in [5, 5.41) is 7.86. The van der Waals surface area contributed by atoms with Gasteiger partial charge in [-0.15, -0.1) is 10.2 Å². The van der Waals surface area contributed by atoms with Gasteiger partial charge in [-0.2, -0.15) is 0 Å². The van der Waals surface area contributed by atoms with Gasteiger partial charge in [0.1, 0.15) is 5.75 Å². The number of carbonyl (C=O) groups is 1. The molecule has 176 valence electrons. The molecule has 0 saturated carbocycles. The lowest BCUT2D eigenvalue weighted by atomic mass is 10.1. The molecule has 1 aromatic heterocycles. The van der Waals surface area contributed by atoms with Gasteiger partial charge in [-0.25, -0.2) is 4.79 Å². The standard InChI is InChI=1S/C26H38N2O4/c1-4-6-7-8-9-10-11-12-19-30-23-15-13-22(14-16-23)26(29)32-25-18-17-24(27-28-25)31-20-21(3)5-2/h13-18,21H,4-12,19-20H2,1-3H3/t21-/m0/s1. The predicted octanol–water partition coefficient (Wildman–Crippen LogP) is 6.64. The molecule has 0 amide bonds. The average molecular weight is 443 g/mol. The van der Waals surface area contributed by atoms with Gasteiger partial charge in [0.25, 0.3) is 0 Å². The third-order valence-corrected chi connectivity index (χ3v) is 5.38. The summed E-state index contributed by atoms with van der Waals surface area (Å²) >= 11 is 0. The molecule has 1 atom stereocenters. The van der Waals surface area contributed by atoms with Crippen LogP contribution in [0.4, 0.5) is 0 Å². The first-order valence-corrected chi connectivity index (χ1v) is 12.0. The van der Waals surface area contributed by atoms with Crippen LogP contribution in [0, 0.1) is 5.92 Å². The molecule has 2 aromatic rings. The van der Waals surface area contributed by atoms with E-state index in [0.717, 1.165) is 18.6 Å². The number of ether oxygens (including phenoxy) is 3. The molecule has 1 aromatic carbocycles. The monoisotopic (exact) mass is 442 g/mol. The second-order valence-electron chi connectivity index (χ2n) is 8.27. The van der Waals surface area contributed by atoms with E-state index in [2.05, 4.69) is 31.0 Å². The molecular weight excluding hydrogens is 404 g/mol. The van der Waals surface area contributed by atoms with E-state index in [1.165, 1.54) is 44.9 Å². The van der Waals surface area contributed by atoms with Crippen molar-refractivity contribution >= 4 is 5.97 Å². The maximum absolute atomic E-state index is 12.3. The minimum absolute atomic E-state index is 0.140. The molecule has 0 spiro atoms. The number of aromatic nitrogens is 2. The summed E-state index contributed by atoms with van der Waals surface area (Å²) in [6, 6.07) is 10.2. The van der Waals surface area contributed by atoms with E-state index in [1.807, 2.05) is 0 Å². The Bertz CT molecular complexity index is 762. The SMILES string of the molecule is CCCCCCCCCCOc1ccc(C(=O)Oc2ccc(OC[C@@H](C)CC)nn2)cc1. The Morgan fingerprint density at radius 3 is 2.06 bits per heavy atom. The first kappa shape index (κ1) is 25.6. The van der Waals surface area contributed by atoms with Gasteiger partial charge in [-0.05, 0) is 36.6 Å². The average Bonchev–Trinajstić information content (AvgIpc) is 2.82. The van der Waals surface area contributed by atoms with E-state index in [1.54, 1.807) is 36.4 Å². The number of nitrogens with zero attached hydrogens (tertiary/aromatic N) is 2. The molecule has 0 aliphatic carbocycles. The summed E-state index contributed by atoms with van der Waals surface area (Å²) in [7, 11) is 0. The van der Waals surface area contributed by atoms with Crippen LogP contribution in [0.25, 0.3) is 0 Å². The molecule has 1 heterocycles. The normalized spacial score (nSPS) is 11.7. The highest BCUT2D eigenvalue weighted by molar-refractivity contribution is 5.90. The number of carbonyl (C=O) groups excluding carboxylic acids is 1. The summed E-state index contributed by atoms with van der Waals surface area (Å²) in [5.74, 6) is 1.28. The van der Waals surface area contributed by atoms with Crippen molar-refractivity contribution in [2.45, 2.75) is 78.6 Å². The molecule has 2 rings (SSSR count). The van der Waals surface area contributed by atoms with E-state index in [4.69, 9.17) is 14.2 Å². The van der Waals surface area contributed by atoms with Crippen LogP contribution in [0.2, 0.25) is 0 Å². The van der Waals surface area contributed by atoms with Crippen LogP contribution in [0.5, 0.6) is 17.5 Å². The van der Waals surface area contributed by atoms with Gasteiger partial charge in [-0.3, -0.25) is 0 Å². The molecule has 0 unspecified atom stereocenters. The van der Waals surface area contributed by atoms with E-state index in [-0.39, 0.29) is 5.88 Å². The van der Waals surface area contributed by atoms with Crippen molar-refractivity contribution in [3.05, 3.63) is 42.0 Å². The van der Waals surface area contributed by atoms with E-state index >= 15 is 0 Å². The maximum Gasteiger partial charge on any atom is 0.344 e. The van der Waals surface area contributed by atoms with Crippen molar-refractivity contribution < 1.29 is 19.0 Å². The highest BCUT2D eigenvalue weighted by Gasteiger charge is 2.11. The number of hydrogen-bond acceptors (Lipinski definition) is 6. The number of hydrogen-bond donors (Lipinski definition) is 0. The number of unbranched alkanes of at least 4 members (excludes halogenated alkanes) is 7. The Balaban J connectivity index is 1.67. The fourth-order valence-corrected chi connectivity index (χ4v) is 3.05. The minimum atomic E-state index is -0.484. The molecule has 0 fully saturated rings. The first-order chi connectivity index (χ1) is 15.6. The van der Waals surface area contributed by atoms with Crippen LogP contribution in [0.3, 0.4) is 0 Å². The van der Waals surface area contributed by atoms with Crippen molar-refractivity contribution in [2.24, 2.45) is 5.92 Å². The quantitative estimate of drug-likeness (QED) is 0.214. The predicted molar refractivity (Wildman–Crippen MR) is 126 cm³/mol. The molecule has 0 radical (unpaired) electrons. The molecule has 0 N–H and O–H groups in total. The van der Waals surface area contributed by atoms with Crippen LogP contribution in [-0.2, 0) is 0 Å². The highest BCUT2D eigenvalue weighted by Crippen LogP contribution is 2.17. The molecule has 6 nitrogen and oxygen atoms in total. The second kappa shape index (κ2) is 15.2. The van der Waals surface area contributed by atoms with Gasteiger partial charge in [0.05, 0.1) is 18.8 Å². The van der Waals surface area contributed by atoms with Gasteiger partial charge in [0, 0.05) is 12.1 Å². The summed E-state index contributed by atoms with van der Waals surface area (Å²) < 4.78 is 16.6. The van der Waals surface area contributed by atoms with Crippen LogP contribution < -0.4 is 14.2 Å². The number of rotatable bonds is 16. The summed E-state index contributed by atoms with van der Waals surface area (Å²) in [6.07, 6.45) is 11.2. The largest absolute Gasteiger partial charge is 0.494 e. The van der Waals surface area contributed by atoms with Crippen molar-refractivity contribution in [1.82, 2.24) is 10.2 Å². The van der Waals surface area contributed by atoms with Crippen molar-refractivity contribution in [2.75, 3.05) is 13.2 Å². The number of esters is 1. The molecule has 0 aliphatic rings. The lowest BCUT2D eigenvalue weighted by Gasteiger charge is -2.10. The molecular formula is C26H38N2O4. The van der Waals surface area contributed by atoms with Gasteiger partial charge in [0.15, 0.2) is 0 Å². The zero-order chi connectivity index (χ0) is 23.0. The lowest BCUT2D eigenvalue weighted by molar-refractivity contribution is 0.0725. The first-order valence-electron chi connectivity index (χ1n) is 12.0. The molecule has 0 bridgehead atoms. The number of benzene rings is 1. The van der Waals surface area contributed by atoms with Gasteiger partial charge in [0.2, 0.25) is 11.8 Å². The molecule has 0 saturated heterocycles. The van der Waals surface area contributed by atoms with Crippen LogP contribution in [0.1, 0.15) is 88.9 Å². The van der Waals surface area contributed by atoms with E-state index in [9.17, 15) is 4.79 Å². The zero-order valence-corrected chi connectivity index (χ0v) is 19.8. The van der Waals surface area contributed by atoms with Crippen molar-refractivity contribution in [1.29, 1.82) is 0 Å². The highest BCUT2D eigenvalue weighted by atomic mass is 16.5. The Morgan fingerprint density at radius 1 is 0.812 bits per heavy atom. The van der Waals surface area contributed by atoms with E-state index in [0.29, 0.717) is 30.6 Å². The zero-order valence-electron chi connectivity index (χ0n) is 19.8. The Morgan fingerprint density at radius 2 is 1.44 bits per heavy atom. The summed E-state index contributed by atoms with van der Waals surface area (Å²) in [5.41, 5.74) is 0.434. The van der Waals surface area contributed by atoms with Crippen molar-refractivity contribution in [3.63, 3.8) is 0 Å². The summed E-state index contributed by atoms with van der Waals surface area (Å²) in [4.78, 5) is 12.3. The van der Waals surface area contributed by atoms with Gasteiger partial charge >= 0.3 is 5.97 Å².